The summed E-state index contributed by atoms with van der Waals surface area (Å²) in [6.45, 7) is 7.22. The minimum absolute atomic E-state index is 1.13. The van der Waals surface area contributed by atoms with Crippen LogP contribution in [0.1, 0.15) is 0 Å². The zero-order chi connectivity index (χ0) is 35.0. The quantitative estimate of drug-likeness (QED) is 0.125. The lowest BCUT2D eigenvalue weighted by Gasteiger charge is -2.27. The number of hydrogen-bond donors (Lipinski definition) is 0. The molecule has 10 rings (SSSR count). The second-order valence-corrected chi connectivity index (χ2v) is 20.2. The lowest BCUT2D eigenvalue weighted by atomic mass is 9.91. The second-order valence-electron chi connectivity index (χ2n) is 15.1. The van der Waals surface area contributed by atoms with Crippen LogP contribution in [0.5, 0.6) is 0 Å². The zero-order valence-corrected chi connectivity index (χ0v) is 30.6. The van der Waals surface area contributed by atoms with Crippen molar-refractivity contribution in [2.24, 2.45) is 0 Å². The minimum atomic E-state index is -1.35. The Morgan fingerprint density at radius 2 is 0.962 bits per heavy atom. The van der Waals surface area contributed by atoms with Gasteiger partial charge in [0.25, 0.3) is 0 Å². The van der Waals surface area contributed by atoms with E-state index in [-0.39, 0.29) is 0 Å². The molecule has 1 heterocycles. The highest BCUT2D eigenvalue weighted by molar-refractivity contribution is 6.88. The molecule has 0 radical (unpaired) electrons. The summed E-state index contributed by atoms with van der Waals surface area (Å²) in [6, 6.07) is 65.1. The molecule has 0 atom stereocenters. The lowest BCUT2D eigenvalue weighted by molar-refractivity contribution is 1.18. The van der Waals surface area contributed by atoms with Crippen LogP contribution >= 0.6 is 0 Å². The molecule has 0 aliphatic carbocycles. The smallest absolute Gasteiger partial charge is 0.0775 e. The SMILES string of the molecule is C[Si](C)(C)c1ccc(-c2cc3ccc4cc(N(c5ccccc5)c5ccc6c(c5)c5ccccc5n6-c5ccccc5)cc5ccc(c2)c3c45)cc1. The number of hydrogen-bond acceptors (Lipinski definition) is 1. The van der Waals surface area contributed by atoms with Crippen molar-refractivity contribution in [3.8, 4) is 16.8 Å². The van der Waals surface area contributed by atoms with Gasteiger partial charge in [0.1, 0.15) is 0 Å². The molecule has 0 spiro atoms. The summed E-state index contributed by atoms with van der Waals surface area (Å²) >= 11 is 0. The Morgan fingerprint density at radius 3 is 1.60 bits per heavy atom. The van der Waals surface area contributed by atoms with Gasteiger partial charge >= 0.3 is 0 Å². The molecule has 9 aromatic carbocycles. The third-order valence-corrected chi connectivity index (χ3v) is 12.9. The molecule has 0 N–H and O–H groups in total. The number of benzene rings is 9. The van der Waals surface area contributed by atoms with Gasteiger partial charge in [-0.1, -0.05) is 128 Å². The van der Waals surface area contributed by atoms with E-state index in [2.05, 4.69) is 205 Å². The summed E-state index contributed by atoms with van der Waals surface area (Å²) in [6.07, 6.45) is 0. The molecule has 0 aliphatic heterocycles. The van der Waals surface area contributed by atoms with Crippen LogP contribution in [0, 0.1) is 0 Å². The largest absolute Gasteiger partial charge is 0.310 e. The molecule has 0 saturated carbocycles. The summed E-state index contributed by atoms with van der Waals surface area (Å²) < 4.78 is 2.38. The summed E-state index contributed by atoms with van der Waals surface area (Å²) in [7, 11) is -1.35. The van der Waals surface area contributed by atoms with Crippen LogP contribution in [-0.4, -0.2) is 12.6 Å². The Labute approximate surface area is 305 Å². The van der Waals surface area contributed by atoms with Crippen molar-refractivity contribution in [3.63, 3.8) is 0 Å². The zero-order valence-electron chi connectivity index (χ0n) is 29.6. The van der Waals surface area contributed by atoms with E-state index in [0.717, 1.165) is 17.1 Å². The maximum absolute atomic E-state index is 2.41. The van der Waals surface area contributed by atoms with Crippen LogP contribution in [-0.2, 0) is 0 Å². The van der Waals surface area contributed by atoms with Gasteiger partial charge in [-0.25, -0.2) is 0 Å². The van der Waals surface area contributed by atoms with E-state index < -0.39 is 8.07 Å². The molecule has 0 saturated heterocycles. The number of rotatable bonds is 6. The Kier molecular flexibility index (Phi) is 6.89. The predicted octanol–water partition coefficient (Wildman–Crippen LogP) is 13.4. The fraction of sp³-hybridized carbons (Fsp3) is 0.0612. The first kappa shape index (κ1) is 30.6. The van der Waals surface area contributed by atoms with Crippen molar-refractivity contribution < 1.29 is 0 Å². The molecule has 248 valence electrons. The Morgan fingerprint density at radius 1 is 0.404 bits per heavy atom. The van der Waals surface area contributed by atoms with Gasteiger partial charge in [0.15, 0.2) is 0 Å². The van der Waals surface area contributed by atoms with E-state index in [1.165, 1.54) is 76.1 Å². The average molecular weight is 683 g/mol. The number of nitrogens with zero attached hydrogens (tertiary/aromatic N) is 2. The maximum Gasteiger partial charge on any atom is 0.0775 e. The highest BCUT2D eigenvalue weighted by Crippen LogP contribution is 2.44. The molecular weight excluding hydrogens is 645 g/mol. The summed E-state index contributed by atoms with van der Waals surface area (Å²) in [5.74, 6) is 0. The highest BCUT2D eigenvalue weighted by atomic mass is 28.3. The van der Waals surface area contributed by atoms with E-state index in [1.54, 1.807) is 0 Å². The molecule has 3 heteroatoms. The molecular formula is C49H38N2Si. The molecule has 0 amide bonds. The van der Waals surface area contributed by atoms with Crippen molar-refractivity contribution in [2.75, 3.05) is 4.90 Å². The highest BCUT2D eigenvalue weighted by Gasteiger charge is 2.20. The topological polar surface area (TPSA) is 8.17 Å². The number of anilines is 3. The molecule has 0 fully saturated rings. The molecule has 0 bridgehead atoms. The predicted molar refractivity (Wildman–Crippen MR) is 228 cm³/mol. The average Bonchev–Trinajstić information content (AvgIpc) is 3.51. The van der Waals surface area contributed by atoms with Gasteiger partial charge < -0.3 is 9.47 Å². The molecule has 52 heavy (non-hydrogen) atoms. The van der Waals surface area contributed by atoms with Crippen LogP contribution in [0.4, 0.5) is 17.1 Å². The van der Waals surface area contributed by atoms with Gasteiger partial charge in [0.2, 0.25) is 0 Å². The van der Waals surface area contributed by atoms with E-state index in [1.807, 2.05) is 0 Å². The maximum atomic E-state index is 2.41. The Bertz CT molecular complexity index is 2850. The van der Waals surface area contributed by atoms with Crippen LogP contribution in [0.3, 0.4) is 0 Å². The van der Waals surface area contributed by atoms with Gasteiger partial charge in [-0.15, -0.1) is 0 Å². The molecule has 2 nitrogen and oxygen atoms in total. The number of para-hydroxylation sites is 3. The van der Waals surface area contributed by atoms with Crippen molar-refractivity contribution in [1.82, 2.24) is 4.57 Å². The molecule has 10 aromatic rings. The fourth-order valence-corrected chi connectivity index (χ4v) is 9.43. The molecule has 0 aliphatic rings. The van der Waals surface area contributed by atoms with Gasteiger partial charge in [-0.05, 0) is 116 Å². The Hall–Kier alpha value is -6.16. The third-order valence-electron chi connectivity index (χ3n) is 10.8. The molecule has 1 aromatic heterocycles. The Balaban J connectivity index is 1.13. The van der Waals surface area contributed by atoms with Crippen molar-refractivity contribution in [1.29, 1.82) is 0 Å². The fourth-order valence-electron chi connectivity index (χ4n) is 8.26. The summed E-state index contributed by atoms with van der Waals surface area (Å²) in [4.78, 5) is 2.41. The summed E-state index contributed by atoms with van der Waals surface area (Å²) in [5, 5.41) is 11.7. The third kappa shape index (κ3) is 4.92. The van der Waals surface area contributed by atoms with E-state index >= 15 is 0 Å². The minimum Gasteiger partial charge on any atom is -0.310 e. The van der Waals surface area contributed by atoms with Crippen LogP contribution in [0.15, 0.2) is 176 Å². The van der Waals surface area contributed by atoms with Crippen LogP contribution in [0.2, 0.25) is 19.6 Å². The van der Waals surface area contributed by atoms with Crippen molar-refractivity contribution in [2.45, 2.75) is 19.6 Å². The van der Waals surface area contributed by atoms with E-state index in [9.17, 15) is 0 Å². The van der Waals surface area contributed by atoms with Crippen LogP contribution in [0.25, 0.3) is 70.9 Å². The first-order valence-corrected chi connectivity index (χ1v) is 21.7. The van der Waals surface area contributed by atoms with Crippen molar-refractivity contribution >= 4 is 84.4 Å². The van der Waals surface area contributed by atoms with Crippen molar-refractivity contribution in [3.05, 3.63) is 176 Å². The standard InChI is InChI=1S/C49H38N2Si/c1-52(2,3)43-25-22-33(23-26-43)38-28-34-18-20-36-30-42(31-37-21-19-35(29-38)48(34)49(36)37)50(39-12-6-4-7-13-39)41-24-27-47-45(32-41)44-16-10-11-17-46(44)51(47)40-14-8-5-9-15-40/h4-32H,1-3H3. The lowest BCUT2D eigenvalue weighted by Crippen LogP contribution is -2.37. The van der Waals surface area contributed by atoms with Gasteiger partial charge in [-0.2, -0.15) is 0 Å². The van der Waals surface area contributed by atoms with Gasteiger partial charge in [0.05, 0.1) is 19.1 Å². The normalized spacial score (nSPS) is 12.1. The summed E-state index contributed by atoms with van der Waals surface area (Å²) in [5.41, 5.74) is 9.53. The van der Waals surface area contributed by atoms with E-state index in [4.69, 9.17) is 0 Å². The van der Waals surface area contributed by atoms with E-state index in [0.29, 0.717) is 0 Å². The first-order chi connectivity index (χ1) is 25.4. The second kappa shape index (κ2) is 11.7. The number of aromatic nitrogens is 1. The van der Waals surface area contributed by atoms with Gasteiger partial charge in [0, 0.05) is 33.5 Å². The van der Waals surface area contributed by atoms with Gasteiger partial charge in [-0.3, -0.25) is 0 Å². The monoisotopic (exact) mass is 682 g/mol. The first-order valence-electron chi connectivity index (χ1n) is 18.2. The number of fused-ring (bicyclic) bond motifs is 3. The van der Waals surface area contributed by atoms with Crippen LogP contribution < -0.4 is 10.1 Å². The molecule has 0 unspecified atom stereocenters.